The molecule has 1 rings (SSSR count). The molecule has 70 valence electrons. The van der Waals surface area contributed by atoms with Crippen LogP contribution in [0.5, 0.6) is 0 Å². The molecule has 0 radical (unpaired) electrons. The van der Waals surface area contributed by atoms with E-state index in [1.54, 1.807) is 6.07 Å². The molecule has 13 heavy (non-hydrogen) atoms. The molecule has 0 bridgehead atoms. The summed E-state index contributed by atoms with van der Waals surface area (Å²) in [5.74, 6) is -0.178. The molecule has 0 saturated carbocycles. The predicted molar refractivity (Wildman–Crippen MR) is 45.7 cm³/mol. The van der Waals surface area contributed by atoms with Crippen LogP contribution in [0.2, 0.25) is 0 Å². The van der Waals surface area contributed by atoms with Crippen molar-refractivity contribution in [2.75, 3.05) is 5.73 Å². The first-order chi connectivity index (χ1) is 5.88. The number of hydrogen-bond acceptors (Lipinski definition) is 6. The van der Waals surface area contributed by atoms with Gasteiger partial charge in [0.2, 0.25) is 5.82 Å². The van der Waals surface area contributed by atoms with Gasteiger partial charge in [0, 0.05) is 6.92 Å². The molecule has 6 nitrogen and oxygen atoms in total. The molecule has 0 aliphatic carbocycles. The van der Waals surface area contributed by atoms with E-state index in [4.69, 9.17) is 11.0 Å². The first kappa shape index (κ1) is 9.91. The first-order valence-electron chi connectivity index (χ1n) is 3.03. The van der Waals surface area contributed by atoms with Gasteiger partial charge in [-0.2, -0.15) is 18.7 Å². The standard InChI is InChI=1S/C5H5N3O3S2/c1-3-8-5(7)4(2-6)12(3)13(9,10)11/h7H2,1H3. The van der Waals surface area contributed by atoms with Gasteiger partial charge >= 0.3 is 4.88 Å². The van der Waals surface area contributed by atoms with Crippen LogP contribution in [0.1, 0.15) is 9.88 Å². The van der Waals surface area contributed by atoms with Gasteiger partial charge in [0.1, 0.15) is 9.50 Å². The molecular formula is C5H5N3O3S2. The van der Waals surface area contributed by atoms with E-state index in [2.05, 4.69) is 4.98 Å². The second-order valence-corrected chi connectivity index (χ2v) is 6.71. The van der Waals surface area contributed by atoms with Gasteiger partial charge < -0.3 is 10.3 Å². The number of rotatable bonds is 1. The third-order valence-electron chi connectivity index (χ3n) is 1.27. The van der Waals surface area contributed by atoms with Crippen molar-refractivity contribution in [3.63, 3.8) is 0 Å². The van der Waals surface area contributed by atoms with Gasteiger partial charge in [-0.25, -0.2) is 0 Å². The van der Waals surface area contributed by atoms with Crippen molar-refractivity contribution in [1.29, 1.82) is 5.26 Å². The molecule has 8 heteroatoms. The molecule has 2 N–H and O–H groups in total. The lowest BCUT2D eigenvalue weighted by atomic mass is 10.5. The number of nitrogen functional groups attached to an aromatic ring is 1. The minimum Gasteiger partial charge on any atom is -0.703 e. The maximum Gasteiger partial charge on any atom is 0.310 e. The van der Waals surface area contributed by atoms with Crippen molar-refractivity contribution in [2.45, 2.75) is 6.92 Å². The molecule has 1 aromatic heterocycles. The van der Waals surface area contributed by atoms with E-state index in [-0.39, 0.29) is 15.7 Å². The van der Waals surface area contributed by atoms with Gasteiger partial charge in [-0.3, -0.25) is 0 Å². The Labute approximate surface area is 76.8 Å². The van der Waals surface area contributed by atoms with Gasteiger partial charge in [-0.15, -0.1) is 0 Å². The van der Waals surface area contributed by atoms with Crippen molar-refractivity contribution in [3.05, 3.63) is 9.88 Å². The number of aromatic nitrogens is 1. The number of hydrogen-bond donors (Lipinski definition) is 1. The SMILES string of the molecule is Cc1nc(N)c(C#N)[s+]1S(=O)(=O)[O-]. The summed E-state index contributed by atoms with van der Waals surface area (Å²) in [6.45, 7) is 1.36. The van der Waals surface area contributed by atoms with E-state index in [1.165, 1.54) is 6.92 Å². The molecular weight excluding hydrogens is 214 g/mol. The van der Waals surface area contributed by atoms with Gasteiger partial charge in [0.15, 0.2) is 6.07 Å². The van der Waals surface area contributed by atoms with E-state index in [1.807, 2.05) is 0 Å². The second-order valence-electron chi connectivity index (χ2n) is 2.13. The minimum absolute atomic E-state index is 0.0732. The highest BCUT2D eigenvalue weighted by Crippen LogP contribution is 2.35. The Morgan fingerprint density at radius 2 is 2.23 bits per heavy atom. The van der Waals surface area contributed by atoms with Gasteiger partial charge in [-0.05, 0) is 0 Å². The zero-order valence-corrected chi connectivity index (χ0v) is 8.15. The quantitative estimate of drug-likeness (QED) is 0.400. The fourth-order valence-corrected chi connectivity index (χ4v) is 4.13. The van der Waals surface area contributed by atoms with Crippen LogP contribution in [0.4, 0.5) is 5.82 Å². The lowest BCUT2D eigenvalue weighted by Crippen LogP contribution is -1.93. The highest BCUT2D eigenvalue weighted by atomic mass is 33.2. The molecule has 1 atom stereocenters. The number of nitrogens with two attached hydrogens (primary N) is 1. The zero-order valence-electron chi connectivity index (χ0n) is 6.51. The summed E-state index contributed by atoms with van der Waals surface area (Å²) >= 11 is 0. The Balaban J connectivity index is 3.65. The number of thiazole rings is 1. The molecule has 0 fully saturated rings. The monoisotopic (exact) mass is 219 g/mol. The summed E-state index contributed by atoms with van der Waals surface area (Å²) in [5.41, 5.74) is 5.24. The zero-order chi connectivity index (χ0) is 10.2. The van der Waals surface area contributed by atoms with E-state index in [9.17, 15) is 13.0 Å². The van der Waals surface area contributed by atoms with Crippen molar-refractivity contribution >= 4 is 24.5 Å². The van der Waals surface area contributed by atoms with Crippen LogP contribution < -0.4 is 5.73 Å². The van der Waals surface area contributed by atoms with Crippen LogP contribution in [-0.4, -0.2) is 18.0 Å². The van der Waals surface area contributed by atoms with E-state index >= 15 is 0 Å². The Morgan fingerprint density at radius 3 is 2.54 bits per heavy atom. The molecule has 0 aliphatic rings. The number of nitrogens with zero attached hydrogens (tertiary/aromatic N) is 2. The Morgan fingerprint density at radius 1 is 1.69 bits per heavy atom. The molecule has 0 spiro atoms. The Hall–Kier alpha value is -1.17. The average Bonchev–Trinajstić information content (AvgIpc) is 2.23. The van der Waals surface area contributed by atoms with Crippen LogP contribution in [0, 0.1) is 18.3 Å². The number of anilines is 1. The van der Waals surface area contributed by atoms with E-state index in [0.29, 0.717) is 0 Å². The normalized spacial score (nSPS) is 12.5. The lowest BCUT2D eigenvalue weighted by molar-refractivity contribution is 0.481. The van der Waals surface area contributed by atoms with Crippen molar-refractivity contribution in [3.8, 4) is 6.07 Å². The Bertz CT molecular complexity index is 482. The largest absolute Gasteiger partial charge is 0.703 e. The molecule has 0 amide bonds. The van der Waals surface area contributed by atoms with Crippen molar-refractivity contribution in [1.82, 2.24) is 4.98 Å². The van der Waals surface area contributed by atoms with Crippen LogP contribution >= 0.6 is 9.50 Å². The maximum atomic E-state index is 10.7. The smallest absolute Gasteiger partial charge is 0.310 e. The first-order valence-corrected chi connectivity index (χ1v) is 6.18. The molecule has 0 aliphatic heterocycles. The Kier molecular flexibility index (Phi) is 2.25. The molecule has 0 saturated heterocycles. The molecule has 0 aromatic carbocycles. The predicted octanol–water partition coefficient (Wildman–Crippen LogP) is -0.0987. The summed E-state index contributed by atoms with van der Waals surface area (Å²) < 4.78 is 32.1. The molecule has 1 aromatic rings. The second kappa shape index (κ2) is 2.95. The highest BCUT2D eigenvalue weighted by Gasteiger charge is 2.30. The van der Waals surface area contributed by atoms with Crippen LogP contribution in [-0.2, 0) is 9.15 Å². The van der Waals surface area contributed by atoms with Gasteiger partial charge in [-0.1, -0.05) is 0 Å². The topological polar surface area (TPSA) is 120 Å². The third-order valence-corrected chi connectivity index (χ3v) is 5.43. The van der Waals surface area contributed by atoms with Crippen LogP contribution in [0.15, 0.2) is 0 Å². The average molecular weight is 219 g/mol. The maximum absolute atomic E-state index is 10.7. The summed E-state index contributed by atoms with van der Waals surface area (Å²) in [6.07, 6.45) is 0. The van der Waals surface area contributed by atoms with Crippen LogP contribution in [0.25, 0.3) is 0 Å². The molecule has 1 heterocycles. The number of aryl methyl sites for hydroxylation is 1. The third kappa shape index (κ3) is 1.62. The van der Waals surface area contributed by atoms with Crippen molar-refractivity contribution in [2.24, 2.45) is 0 Å². The molecule has 1 unspecified atom stereocenters. The minimum atomic E-state index is -4.56. The van der Waals surface area contributed by atoms with Crippen LogP contribution in [0.3, 0.4) is 0 Å². The fourth-order valence-electron chi connectivity index (χ4n) is 0.853. The van der Waals surface area contributed by atoms with E-state index < -0.39 is 18.7 Å². The van der Waals surface area contributed by atoms with Gasteiger partial charge in [0.05, 0.1) is 0 Å². The summed E-state index contributed by atoms with van der Waals surface area (Å²) in [6, 6.07) is 1.57. The number of nitriles is 1. The fraction of sp³-hybridized carbons (Fsp3) is 0.200. The van der Waals surface area contributed by atoms with Gasteiger partial charge in [0.25, 0.3) is 14.2 Å². The summed E-state index contributed by atoms with van der Waals surface area (Å²) in [5, 5.41) is 8.60. The summed E-state index contributed by atoms with van der Waals surface area (Å²) in [7, 11) is -6.36. The highest BCUT2D eigenvalue weighted by molar-refractivity contribution is 8.36. The summed E-state index contributed by atoms with van der Waals surface area (Å²) in [4.78, 5) is 3.32. The van der Waals surface area contributed by atoms with Crippen molar-refractivity contribution < 1.29 is 13.0 Å². The van der Waals surface area contributed by atoms with E-state index in [0.717, 1.165) is 0 Å². The lowest BCUT2D eigenvalue weighted by Gasteiger charge is -1.94.